The van der Waals surface area contributed by atoms with Crippen molar-refractivity contribution in [3.05, 3.63) is 77.1 Å². The molecular formula is C24H22ClF3N4O. The molecule has 9 heteroatoms. The van der Waals surface area contributed by atoms with Crippen LogP contribution in [0.15, 0.2) is 60.9 Å². The number of piperidine rings is 1. The molecule has 1 aliphatic heterocycles. The minimum Gasteiger partial charge on any atom is -0.352 e. The first-order valence-corrected chi connectivity index (χ1v) is 10.9. The number of amides is 1. The smallest absolute Gasteiger partial charge is 0.352 e. The van der Waals surface area contributed by atoms with E-state index in [4.69, 9.17) is 11.6 Å². The first-order valence-electron chi connectivity index (χ1n) is 10.6. The highest BCUT2D eigenvalue weighted by molar-refractivity contribution is 6.30. The number of hydrogen-bond acceptors (Lipinski definition) is 4. The van der Waals surface area contributed by atoms with Gasteiger partial charge >= 0.3 is 6.18 Å². The minimum absolute atomic E-state index is 0.0677. The molecule has 5 nitrogen and oxygen atoms in total. The third-order valence-corrected chi connectivity index (χ3v) is 5.94. The topological polar surface area (TPSA) is 58.1 Å². The lowest BCUT2D eigenvalue weighted by atomic mass is 9.96. The third-order valence-electron chi connectivity index (χ3n) is 5.69. The fourth-order valence-electron chi connectivity index (χ4n) is 3.81. The largest absolute Gasteiger partial charge is 0.416 e. The number of benzene rings is 2. The van der Waals surface area contributed by atoms with Gasteiger partial charge in [-0.1, -0.05) is 35.9 Å². The summed E-state index contributed by atoms with van der Waals surface area (Å²) in [5.74, 6) is 0.266. The van der Waals surface area contributed by atoms with Crippen molar-refractivity contribution >= 4 is 23.5 Å². The maximum atomic E-state index is 12.9. The predicted molar refractivity (Wildman–Crippen MR) is 121 cm³/mol. The van der Waals surface area contributed by atoms with E-state index in [1.54, 1.807) is 18.5 Å². The first-order chi connectivity index (χ1) is 15.8. The van der Waals surface area contributed by atoms with Crippen molar-refractivity contribution in [1.82, 2.24) is 15.3 Å². The van der Waals surface area contributed by atoms with E-state index in [9.17, 15) is 18.0 Å². The highest BCUT2D eigenvalue weighted by Gasteiger charge is 2.30. The molecule has 1 aromatic heterocycles. The molecule has 1 aliphatic rings. The number of alkyl halides is 3. The van der Waals surface area contributed by atoms with Gasteiger partial charge in [0.05, 0.1) is 5.56 Å². The summed E-state index contributed by atoms with van der Waals surface area (Å²) in [5.41, 5.74) is 1.57. The van der Waals surface area contributed by atoms with Crippen molar-refractivity contribution in [3.8, 4) is 11.1 Å². The monoisotopic (exact) mass is 474 g/mol. The van der Waals surface area contributed by atoms with E-state index in [1.165, 1.54) is 6.07 Å². The third kappa shape index (κ3) is 5.82. The van der Waals surface area contributed by atoms with E-state index in [2.05, 4.69) is 15.3 Å². The zero-order valence-electron chi connectivity index (χ0n) is 17.6. The summed E-state index contributed by atoms with van der Waals surface area (Å²) in [6.07, 6.45) is 0.369. The van der Waals surface area contributed by atoms with Crippen molar-refractivity contribution in [2.24, 2.45) is 5.92 Å². The van der Waals surface area contributed by atoms with E-state index in [-0.39, 0.29) is 18.4 Å². The molecular weight excluding hydrogens is 453 g/mol. The van der Waals surface area contributed by atoms with Crippen molar-refractivity contribution in [2.75, 3.05) is 18.0 Å². The molecule has 1 saturated heterocycles. The fraction of sp³-hybridized carbons (Fsp3) is 0.292. The van der Waals surface area contributed by atoms with E-state index < -0.39 is 11.7 Å². The molecule has 0 unspecified atom stereocenters. The molecule has 33 heavy (non-hydrogen) atoms. The quantitative estimate of drug-likeness (QED) is 0.541. The molecule has 2 heterocycles. The molecule has 1 fully saturated rings. The van der Waals surface area contributed by atoms with Gasteiger partial charge in [0.1, 0.15) is 0 Å². The summed E-state index contributed by atoms with van der Waals surface area (Å²) in [6, 6.07) is 12.4. The maximum absolute atomic E-state index is 12.9. The normalized spacial score (nSPS) is 14.8. The molecule has 0 radical (unpaired) electrons. The number of nitrogens with one attached hydrogen (secondary N) is 1. The van der Waals surface area contributed by atoms with Gasteiger partial charge in [-0.15, -0.1) is 0 Å². The van der Waals surface area contributed by atoms with Crippen LogP contribution in [0.3, 0.4) is 0 Å². The number of hydrogen-bond donors (Lipinski definition) is 1. The van der Waals surface area contributed by atoms with Crippen LogP contribution in [0.1, 0.15) is 24.0 Å². The van der Waals surface area contributed by atoms with Crippen LogP contribution in [0.25, 0.3) is 11.1 Å². The van der Waals surface area contributed by atoms with Crippen LogP contribution in [0.2, 0.25) is 5.02 Å². The summed E-state index contributed by atoms with van der Waals surface area (Å²) < 4.78 is 38.6. The van der Waals surface area contributed by atoms with Gasteiger partial charge in [0.2, 0.25) is 11.9 Å². The number of rotatable bonds is 5. The maximum Gasteiger partial charge on any atom is 0.416 e. The molecule has 1 amide bonds. The molecule has 172 valence electrons. The van der Waals surface area contributed by atoms with E-state index >= 15 is 0 Å². The Morgan fingerprint density at radius 2 is 1.70 bits per heavy atom. The molecule has 0 bridgehead atoms. The molecule has 3 aromatic rings. The second-order valence-corrected chi connectivity index (χ2v) is 8.39. The average molecular weight is 475 g/mol. The Kier molecular flexibility index (Phi) is 6.83. The summed E-state index contributed by atoms with van der Waals surface area (Å²) in [5, 5.41) is 3.43. The van der Waals surface area contributed by atoms with Crippen LogP contribution in [-0.2, 0) is 17.5 Å². The molecule has 4 rings (SSSR count). The Morgan fingerprint density at radius 3 is 2.33 bits per heavy atom. The number of anilines is 1. The van der Waals surface area contributed by atoms with Crippen LogP contribution in [0.4, 0.5) is 19.1 Å². The highest BCUT2D eigenvalue weighted by atomic mass is 35.5. The molecule has 0 spiro atoms. The molecule has 0 atom stereocenters. The Morgan fingerprint density at radius 1 is 1.03 bits per heavy atom. The van der Waals surface area contributed by atoms with Crippen molar-refractivity contribution in [3.63, 3.8) is 0 Å². The minimum atomic E-state index is -4.40. The summed E-state index contributed by atoms with van der Waals surface area (Å²) in [7, 11) is 0. The standard InChI is InChI=1S/C24H22ClF3N4O/c25-21-6-4-17(5-7-21)19-14-30-23(31-15-19)32-10-8-18(9-11-32)22(33)29-13-16-2-1-3-20(12-16)24(26,27)28/h1-7,12,14-15,18H,8-11,13H2,(H,29,33). The van der Waals surface area contributed by atoms with Gasteiger partial charge < -0.3 is 10.2 Å². The number of carbonyl (C=O) groups is 1. The van der Waals surface area contributed by atoms with E-state index in [1.807, 2.05) is 29.2 Å². The Hall–Kier alpha value is -3.13. The summed E-state index contributed by atoms with van der Waals surface area (Å²) in [4.78, 5) is 23.5. The van der Waals surface area contributed by atoms with Gasteiger partial charge in [0, 0.05) is 48.5 Å². The van der Waals surface area contributed by atoms with Crippen LogP contribution in [-0.4, -0.2) is 29.0 Å². The summed E-state index contributed by atoms with van der Waals surface area (Å²) in [6.45, 7) is 1.32. The van der Waals surface area contributed by atoms with Gasteiger partial charge in [-0.2, -0.15) is 13.2 Å². The zero-order valence-corrected chi connectivity index (χ0v) is 18.4. The highest BCUT2D eigenvalue weighted by Crippen LogP contribution is 2.29. The Bertz CT molecular complexity index is 1100. The summed E-state index contributed by atoms with van der Waals surface area (Å²) >= 11 is 5.93. The van der Waals surface area contributed by atoms with Crippen LogP contribution in [0, 0.1) is 5.92 Å². The zero-order chi connectivity index (χ0) is 23.4. The second-order valence-electron chi connectivity index (χ2n) is 7.96. The lowest BCUT2D eigenvalue weighted by Crippen LogP contribution is -2.41. The van der Waals surface area contributed by atoms with Crippen molar-refractivity contribution in [2.45, 2.75) is 25.6 Å². The van der Waals surface area contributed by atoms with Crippen molar-refractivity contribution < 1.29 is 18.0 Å². The number of halogens is 4. The van der Waals surface area contributed by atoms with Gasteiger partial charge in [0.15, 0.2) is 0 Å². The number of aromatic nitrogens is 2. The molecule has 2 aromatic carbocycles. The van der Waals surface area contributed by atoms with Crippen LogP contribution in [0.5, 0.6) is 0 Å². The predicted octanol–water partition coefficient (Wildman–Crippen LogP) is 5.35. The van der Waals surface area contributed by atoms with Gasteiger partial charge in [-0.25, -0.2) is 9.97 Å². The van der Waals surface area contributed by atoms with Crippen LogP contribution >= 0.6 is 11.6 Å². The average Bonchev–Trinajstić information content (AvgIpc) is 2.83. The molecule has 1 N–H and O–H groups in total. The van der Waals surface area contributed by atoms with Crippen molar-refractivity contribution in [1.29, 1.82) is 0 Å². The SMILES string of the molecule is O=C(NCc1cccc(C(F)(F)F)c1)C1CCN(c2ncc(-c3ccc(Cl)cc3)cn2)CC1. The Labute approximate surface area is 194 Å². The number of carbonyl (C=O) groups excluding carboxylic acids is 1. The fourth-order valence-corrected chi connectivity index (χ4v) is 3.93. The van der Waals surface area contributed by atoms with Gasteiger partial charge in [-0.3, -0.25) is 4.79 Å². The molecule has 0 saturated carbocycles. The van der Waals surface area contributed by atoms with Crippen LogP contribution < -0.4 is 10.2 Å². The van der Waals surface area contributed by atoms with E-state index in [0.29, 0.717) is 42.5 Å². The lowest BCUT2D eigenvalue weighted by Gasteiger charge is -2.31. The van der Waals surface area contributed by atoms with Gasteiger partial charge in [-0.05, 0) is 48.2 Å². The number of nitrogens with zero attached hydrogens (tertiary/aromatic N) is 3. The Balaban J connectivity index is 1.29. The first kappa shape index (κ1) is 23.0. The molecule has 0 aliphatic carbocycles. The van der Waals surface area contributed by atoms with Gasteiger partial charge in [0.25, 0.3) is 0 Å². The second kappa shape index (κ2) is 9.79. The van der Waals surface area contributed by atoms with E-state index in [0.717, 1.165) is 23.3 Å². The lowest BCUT2D eigenvalue weighted by molar-refractivity contribution is -0.137.